The standard InChI is InChI=1S/C17H16N2O3S/c1-18-16(20)13-14(19(2)22-15(13)17(18)21)12-9-8-11(23-12)10-6-4-3-5-7-10/h3-9,13-15H,1-2H3/t13-,14-,15+/m1/s1. The maximum atomic E-state index is 12.4. The van der Waals surface area contributed by atoms with Gasteiger partial charge in [-0.1, -0.05) is 30.3 Å². The van der Waals surface area contributed by atoms with Crippen molar-refractivity contribution in [1.82, 2.24) is 9.96 Å². The molecule has 3 heterocycles. The Hall–Kier alpha value is -2.02. The SMILES string of the molecule is CN1C(=O)[C@H]2[C@H](ON(C)[C@@H]2c2ccc(-c3ccccc3)s2)C1=O. The van der Waals surface area contributed by atoms with Gasteiger partial charge in [-0.15, -0.1) is 11.3 Å². The van der Waals surface area contributed by atoms with E-state index in [1.54, 1.807) is 23.4 Å². The summed E-state index contributed by atoms with van der Waals surface area (Å²) in [5.41, 5.74) is 1.15. The molecule has 6 heteroatoms. The van der Waals surface area contributed by atoms with Gasteiger partial charge in [-0.25, -0.2) is 0 Å². The molecule has 0 radical (unpaired) electrons. The van der Waals surface area contributed by atoms with E-state index in [1.165, 1.54) is 11.9 Å². The lowest BCUT2D eigenvalue weighted by atomic mass is 9.96. The summed E-state index contributed by atoms with van der Waals surface area (Å²) in [6.07, 6.45) is -0.690. The van der Waals surface area contributed by atoms with E-state index in [1.807, 2.05) is 24.3 Å². The van der Waals surface area contributed by atoms with Gasteiger partial charge < -0.3 is 0 Å². The molecular formula is C17H16N2O3S. The number of carbonyl (C=O) groups excluding carboxylic acids is 2. The second kappa shape index (κ2) is 5.26. The van der Waals surface area contributed by atoms with Gasteiger partial charge in [-0.3, -0.25) is 19.3 Å². The third kappa shape index (κ3) is 2.14. The van der Waals surface area contributed by atoms with Crippen molar-refractivity contribution in [2.24, 2.45) is 5.92 Å². The minimum atomic E-state index is -0.690. The van der Waals surface area contributed by atoms with Gasteiger partial charge in [0.2, 0.25) is 5.91 Å². The topological polar surface area (TPSA) is 49.9 Å². The van der Waals surface area contributed by atoms with Crippen LogP contribution in [0.1, 0.15) is 10.9 Å². The Kier molecular flexibility index (Phi) is 3.33. The monoisotopic (exact) mass is 328 g/mol. The first-order valence-corrected chi connectivity index (χ1v) is 8.26. The fourth-order valence-corrected chi connectivity index (χ4v) is 4.51. The maximum absolute atomic E-state index is 12.4. The third-order valence-electron chi connectivity index (χ3n) is 4.50. The number of likely N-dealkylation sites (N-methyl/N-ethyl adjacent to an activating group) is 1. The lowest BCUT2D eigenvalue weighted by Gasteiger charge is -2.21. The zero-order chi connectivity index (χ0) is 16.1. The maximum Gasteiger partial charge on any atom is 0.261 e. The highest BCUT2D eigenvalue weighted by Crippen LogP contribution is 2.46. The van der Waals surface area contributed by atoms with Crippen molar-refractivity contribution >= 4 is 23.2 Å². The van der Waals surface area contributed by atoms with Crippen LogP contribution in [0.4, 0.5) is 0 Å². The number of rotatable bonds is 2. The number of benzene rings is 1. The van der Waals surface area contributed by atoms with Crippen LogP contribution in [0.3, 0.4) is 0 Å². The second-order valence-corrected chi connectivity index (χ2v) is 6.96. The lowest BCUT2D eigenvalue weighted by Crippen LogP contribution is -2.33. The van der Waals surface area contributed by atoms with Crippen molar-refractivity contribution in [2.45, 2.75) is 12.1 Å². The fraction of sp³-hybridized carbons (Fsp3) is 0.294. The molecule has 5 nitrogen and oxygen atoms in total. The molecule has 1 aromatic heterocycles. The third-order valence-corrected chi connectivity index (χ3v) is 5.71. The summed E-state index contributed by atoms with van der Waals surface area (Å²) in [6, 6.07) is 14.0. The minimum Gasteiger partial charge on any atom is -0.284 e. The van der Waals surface area contributed by atoms with Crippen molar-refractivity contribution in [2.75, 3.05) is 14.1 Å². The average molecular weight is 328 g/mol. The predicted molar refractivity (Wildman–Crippen MR) is 86.4 cm³/mol. The molecule has 3 atom stereocenters. The van der Waals surface area contributed by atoms with Gasteiger partial charge in [-0.05, 0) is 17.7 Å². The van der Waals surface area contributed by atoms with Crippen LogP contribution in [0.5, 0.6) is 0 Å². The van der Waals surface area contributed by atoms with E-state index in [4.69, 9.17) is 4.84 Å². The number of nitrogens with zero attached hydrogens (tertiary/aromatic N) is 2. The number of amides is 2. The molecule has 2 amide bonds. The summed E-state index contributed by atoms with van der Waals surface area (Å²) < 4.78 is 0. The number of hydrogen-bond donors (Lipinski definition) is 0. The van der Waals surface area contributed by atoms with Crippen LogP contribution in [0.2, 0.25) is 0 Å². The molecule has 2 aromatic rings. The van der Waals surface area contributed by atoms with Crippen LogP contribution < -0.4 is 0 Å². The van der Waals surface area contributed by atoms with Crippen molar-refractivity contribution in [1.29, 1.82) is 0 Å². The van der Waals surface area contributed by atoms with Crippen molar-refractivity contribution in [3.8, 4) is 10.4 Å². The molecule has 1 aromatic carbocycles. The molecule has 4 rings (SSSR count). The first kappa shape index (κ1) is 14.6. The van der Waals surface area contributed by atoms with Crippen LogP contribution in [-0.4, -0.2) is 42.0 Å². The zero-order valence-electron chi connectivity index (χ0n) is 12.8. The average Bonchev–Trinajstić information content (AvgIpc) is 3.22. The summed E-state index contributed by atoms with van der Waals surface area (Å²) in [6.45, 7) is 0. The van der Waals surface area contributed by atoms with Gasteiger partial charge in [0, 0.05) is 23.8 Å². The number of hydrogen-bond acceptors (Lipinski definition) is 5. The van der Waals surface area contributed by atoms with Gasteiger partial charge in [0.25, 0.3) is 5.91 Å². The normalized spacial score (nSPS) is 27.7. The zero-order valence-corrected chi connectivity index (χ0v) is 13.6. The van der Waals surface area contributed by atoms with Gasteiger partial charge in [0.05, 0.1) is 12.0 Å². The molecule has 118 valence electrons. The van der Waals surface area contributed by atoms with Crippen LogP contribution >= 0.6 is 11.3 Å². The van der Waals surface area contributed by atoms with Crippen LogP contribution in [0, 0.1) is 5.92 Å². The van der Waals surface area contributed by atoms with E-state index in [-0.39, 0.29) is 17.9 Å². The molecule has 0 spiro atoms. The quantitative estimate of drug-likeness (QED) is 0.794. The molecule has 2 aliphatic rings. The molecule has 23 heavy (non-hydrogen) atoms. The number of hydroxylamine groups is 2. The lowest BCUT2D eigenvalue weighted by molar-refractivity contribution is -0.168. The molecule has 0 saturated carbocycles. The Balaban J connectivity index is 1.69. The Morgan fingerprint density at radius 3 is 2.48 bits per heavy atom. The number of fused-ring (bicyclic) bond motifs is 1. The summed E-state index contributed by atoms with van der Waals surface area (Å²) in [7, 11) is 3.30. The molecule has 0 N–H and O–H groups in total. The number of thiophene rings is 1. The highest BCUT2D eigenvalue weighted by Gasteiger charge is 2.58. The van der Waals surface area contributed by atoms with E-state index < -0.39 is 12.0 Å². The first-order chi connectivity index (χ1) is 11.1. The van der Waals surface area contributed by atoms with Gasteiger partial charge in [0.1, 0.15) is 0 Å². The van der Waals surface area contributed by atoms with E-state index in [0.29, 0.717) is 0 Å². The predicted octanol–water partition coefficient (Wildman–Crippen LogP) is 2.32. The van der Waals surface area contributed by atoms with Crippen LogP contribution in [-0.2, 0) is 14.4 Å². The first-order valence-electron chi connectivity index (χ1n) is 7.44. The van der Waals surface area contributed by atoms with Crippen LogP contribution in [0.15, 0.2) is 42.5 Å². The van der Waals surface area contributed by atoms with Gasteiger partial charge >= 0.3 is 0 Å². The van der Waals surface area contributed by atoms with Gasteiger partial charge in [0.15, 0.2) is 6.10 Å². The van der Waals surface area contributed by atoms with Crippen LogP contribution in [0.25, 0.3) is 10.4 Å². The Bertz CT molecular complexity index is 773. The highest BCUT2D eigenvalue weighted by molar-refractivity contribution is 7.15. The van der Waals surface area contributed by atoms with E-state index in [9.17, 15) is 9.59 Å². The second-order valence-electron chi connectivity index (χ2n) is 5.85. The van der Waals surface area contributed by atoms with Crippen molar-refractivity contribution < 1.29 is 14.4 Å². The largest absolute Gasteiger partial charge is 0.284 e. The van der Waals surface area contributed by atoms with Gasteiger partial charge in [-0.2, -0.15) is 5.06 Å². The Labute approximate surface area is 138 Å². The summed E-state index contributed by atoms with van der Waals surface area (Å²) in [5.74, 6) is -0.877. The minimum absolute atomic E-state index is 0.163. The Morgan fingerprint density at radius 2 is 1.74 bits per heavy atom. The molecular weight excluding hydrogens is 312 g/mol. The van der Waals surface area contributed by atoms with Crippen molar-refractivity contribution in [3.63, 3.8) is 0 Å². The van der Waals surface area contributed by atoms with Crippen molar-refractivity contribution in [3.05, 3.63) is 47.3 Å². The van der Waals surface area contributed by atoms with E-state index in [0.717, 1.165) is 15.3 Å². The number of carbonyl (C=O) groups is 2. The van der Waals surface area contributed by atoms with E-state index in [2.05, 4.69) is 18.2 Å². The fourth-order valence-electron chi connectivity index (χ4n) is 3.31. The molecule has 2 fully saturated rings. The smallest absolute Gasteiger partial charge is 0.261 e. The molecule has 0 aliphatic carbocycles. The Morgan fingerprint density at radius 1 is 1.00 bits per heavy atom. The molecule has 2 saturated heterocycles. The molecule has 0 unspecified atom stereocenters. The summed E-state index contributed by atoms with van der Waals surface area (Å²) >= 11 is 1.64. The molecule has 0 bridgehead atoms. The summed E-state index contributed by atoms with van der Waals surface area (Å²) in [5, 5.41) is 1.65. The number of imide groups is 1. The van der Waals surface area contributed by atoms with E-state index >= 15 is 0 Å². The number of likely N-dealkylation sites (tertiary alicyclic amines) is 1. The summed E-state index contributed by atoms with van der Waals surface area (Å²) in [4.78, 5) is 33.5. The highest BCUT2D eigenvalue weighted by atomic mass is 32.1. The molecule has 2 aliphatic heterocycles.